The quantitative estimate of drug-likeness (QED) is 0.685. The molecular weight excluding hydrogens is 326 g/mol. The molecule has 0 radical (unpaired) electrons. The minimum atomic E-state index is -0.194. The fourth-order valence-corrected chi connectivity index (χ4v) is 6.07. The standard InChI is InChI=1S/C13H9N3O2S3/c14-5-7-8-11(15-21-7)20-10-9(19-8)12(17)16(13(10)18)6-3-1-2-4-6/h6H,1-4H2. The Morgan fingerprint density at radius 2 is 1.81 bits per heavy atom. The van der Waals surface area contributed by atoms with Crippen molar-refractivity contribution in [3.8, 4) is 6.07 Å². The Morgan fingerprint density at radius 3 is 2.48 bits per heavy atom. The number of nitrogens with zero attached hydrogens (tertiary/aromatic N) is 3. The summed E-state index contributed by atoms with van der Waals surface area (Å²) in [5.74, 6) is 0. The molecule has 1 aromatic rings. The van der Waals surface area contributed by atoms with Crippen LogP contribution in [-0.4, -0.2) is 8.94 Å². The summed E-state index contributed by atoms with van der Waals surface area (Å²) >= 11 is 3.58. The van der Waals surface area contributed by atoms with Gasteiger partial charge in [-0.15, -0.1) is 22.7 Å². The Labute approximate surface area is 130 Å². The Morgan fingerprint density at radius 1 is 1.14 bits per heavy atom. The molecule has 8 heteroatoms. The number of nitriles is 1. The van der Waals surface area contributed by atoms with Crippen molar-refractivity contribution in [1.82, 2.24) is 8.94 Å². The lowest BCUT2D eigenvalue weighted by atomic mass is 10.2. The minimum Gasteiger partial charge on any atom is -0.270 e. The van der Waals surface area contributed by atoms with Gasteiger partial charge in [0.05, 0.1) is 4.70 Å². The SMILES string of the molecule is N#Cc1snc2sc3c(=O)n(C4CCCC4)c(=O)c=3sc12. The molecule has 0 atom stereocenters. The molecule has 21 heavy (non-hydrogen) atoms. The average molecular weight is 335 g/mol. The first-order valence-corrected chi connectivity index (χ1v) is 8.99. The van der Waals surface area contributed by atoms with Gasteiger partial charge in [0.2, 0.25) is 0 Å². The molecule has 4 rings (SSSR count). The summed E-state index contributed by atoms with van der Waals surface area (Å²) < 4.78 is 7.33. The van der Waals surface area contributed by atoms with Crippen LogP contribution in [0.2, 0.25) is 0 Å². The molecule has 3 heterocycles. The smallest absolute Gasteiger partial charge is 0.270 e. The van der Waals surface area contributed by atoms with Gasteiger partial charge in [-0.1, -0.05) is 12.8 Å². The third-order valence-corrected chi connectivity index (χ3v) is 7.36. The van der Waals surface area contributed by atoms with E-state index in [9.17, 15) is 9.59 Å². The van der Waals surface area contributed by atoms with Crippen LogP contribution in [0.1, 0.15) is 36.6 Å². The van der Waals surface area contributed by atoms with Gasteiger partial charge in [0.25, 0.3) is 11.1 Å². The Bertz CT molecular complexity index is 1060. The summed E-state index contributed by atoms with van der Waals surface area (Å²) in [5.41, 5.74) is -0.378. The van der Waals surface area contributed by atoms with E-state index in [4.69, 9.17) is 5.26 Å². The van der Waals surface area contributed by atoms with Gasteiger partial charge >= 0.3 is 0 Å². The summed E-state index contributed by atoms with van der Waals surface area (Å²) in [5, 5.41) is 9.08. The monoisotopic (exact) mass is 335 g/mol. The van der Waals surface area contributed by atoms with Crippen molar-refractivity contribution in [3.05, 3.63) is 34.6 Å². The summed E-state index contributed by atoms with van der Waals surface area (Å²) in [7, 11) is 0. The largest absolute Gasteiger partial charge is 0.272 e. The predicted molar refractivity (Wildman–Crippen MR) is 83.4 cm³/mol. The van der Waals surface area contributed by atoms with Gasteiger partial charge < -0.3 is 0 Å². The first-order chi connectivity index (χ1) is 10.2. The molecule has 0 amide bonds. The van der Waals surface area contributed by atoms with Crippen LogP contribution in [0, 0.1) is 20.4 Å². The van der Waals surface area contributed by atoms with Crippen LogP contribution in [0.5, 0.6) is 0 Å². The number of aromatic nitrogens is 2. The van der Waals surface area contributed by atoms with E-state index in [0.29, 0.717) is 18.8 Å². The fraction of sp³-hybridized carbons (Fsp3) is 0.385. The normalized spacial score (nSPS) is 16.0. The van der Waals surface area contributed by atoms with Gasteiger partial charge in [0, 0.05) is 6.04 Å². The van der Waals surface area contributed by atoms with Crippen LogP contribution in [0.15, 0.2) is 9.59 Å². The lowest BCUT2D eigenvalue weighted by Gasteiger charge is -2.07. The molecule has 1 aliphatic carbocycles. The van der Waals surface area contributed by atoms with Gasteiger partial charge in [0.15, 0.2) is 0 Å². The minimum absolute atomic E-state index is 0.0392. The van der Waals surface area contributed by atoms with Crippen molar-refractivity contribution in [3.63, 3.8) is 0 Å². The highest BCUT2D eigenvalue weighted by Crippen LogP contribution is 2.31. The molecule has 0 unspecified atom stereocenters. The van der Waals surface area contributed by atoms with Crippen LogP contribution < -0.4 is 11.1 Å². The van der Waals surface area contributed by atoms with E-state index >= 15 is 0 Å². The molecule has 0 N–H and O–H groups in total. The molecule has 106 valence electrons. The predicted octanol–water partition coefficient (Wildman–Crippen LogP) is 2.65. The first kappa shape index (κ1) is 13.1. The highest BCUT2D eigenvalue weighted by atomic mass is 32.1. The van der Waals surface area contributed by atoms with Gasteiger partial charge in [-0.25, -0.2) is 0 Å². The molecule has 2 aliphatic heterocycles. The van der Waals surface area contributed by atoms with Crippen molar-refractivity contribution in [2.45, 2.75) is 31.7 Å². The van der Waals surface area contributed by atoms with Gasteiger partial charge in [-0.05, 0) is 24.4 Å². The van der Waals surface area contributed by atoms with Crippen LogP contribution >= 0.6 is 34.2 Å². The molecule has 5 nitrogen and oxygen atoms in total. The summed E-state index contributed by atoms with van der Waals surface area (Å²) in [6.07, 6.45) is 3.94. The maximum absolute atomic E-state index is 12.6. The summed E-state index contributed by atoms with van der Waals surface area (Å²) in [4.78, 5) is 26.3. The maximum atomic E-state index is 12.6. The molecular formula is C13H9N3O2S3. The Hall–Kier alpha value is -1.56. The average Bonchev–Trinajstić information content (AvgIpc) is 3.18. The second-order valence-electron chi connectivity index (χ2n) is 5.04. The van der Waals surface area contributed by atoms with E-state index in [-0.39, 0.29) is 17.2 Å². The Kier molecular flexibility index (Phi) is 2.96. The first-order valence-electron chi connectivity index (χ1n) is 6.58. The topological polar surface area (TPSA) is 75.8 Å². The van der Waals surface area contributed by atoms with Crippen molar-refractivity contribution in [2.75, 3.05) is 0 Å². The van der Waals surface area contributed by atoms with Gasteiger partial charge in [0.1, 0.15) is 24.8 Å². The highest BCUT2D eigenvalue weighted by Gasteiger charge is 2.24. The van der Waals surface area contributed by atoms with Crippen molar-refractivity contribution >= 4 is 43.7 Å². The second-order valence-corrected chi connectivity index (χ2v) is 7.83. The highest BCUT2D eigenvalue weighted by molar-refractivity contribution is 7.29. The second kappa shape index (κ2) is 4.73. The number of rotatable bonds is 1. The van der Waals surface area contributed by atoms with Gasteiger partial charge in [-0.3, -0.25) is 14.2 Å². The molecule has 1 aromatic heterocycles. The fourth-order valence-electron chi connectivity index (χ4n) is 2.87. The zero-order valence-corrected chi connectivity index (χ0v) is 13.2. The third kappa shape index (κ3) is 1.81. The zero-order valence-electron chi connectivity index (χ0n) is 10.8. The zero-order chi connectivity index (χ0) is 14.6. The molecule has 0 spiro atoms. The summed E-state index contributed by atoms with van der Waals surface area (Å²) in [6, 6.07) is 2.14. The Balaban J connectivity index is 2.11. The molecule has 0 saturated heterocycles. The molecule has 1 saturated carbocycles. The maximum Gasteiger partial charge on any atom is 0.272 e. The molecule has 0 aromatic carbocycles. The summed E-state index contributed by atoms with van der Waals surface area (Å²) in [6.45, 7) is 0. The molecule has 3 aliphatic rings. The van der Waals surface area contributed by atoms with E-state index in [1.54, 1.807) is 0 Å². The van der Waals surface area contributed by atoms with Crippen LogP contribution in [0.3, 0.4) is 0 Å². The van der Waals surface area contributed by atoms with E-state index in [1.165, 1.54) is 27.2 Å². The van der Waals surface area contributed by atoms with E-state index in [2.05, 4.69) is 10.4 Å². The van der Waals surface area contributed by atoms with Crippen LogP contribution in [0.4, 0.5) is 0 Å². The number of fused-ring (bicyclic) bond motifs is 1. The molecule has 1 fully saturated rings. The number of hydrogen-bond donors (Lipinski definition) is 0. The van der Waals surface area contributed by atoms with Crippen LogP contribution in [0.25, 0.3) is 9.53 Å². The lowest BCUT2D eigenvalue weighted by Crippen LogP contribution is -2.29. The van der Waals surface area contributed by atoms with Gasteiger partial charge in [-0.2, -0.15) is 9.64 Å². The van der Waals surface area contributed by atoms with Crippen LogP contribution in [-0.2, 0) is 0 Å². The molecule has 0 bridgehead atoms. The lowest BCUT2D eigenvalue weighted by molar-refractivity contribution is 0.495. The van der Waals surface area contributed by atoms with E-state index in [0.717, 1.165) is 41.9 Å². The van der Waals surface area contributed by atoms with E-state index < -0.39 is 0 Å². The number of hydrogen-bond acceptors (Lipinski definition) is 7. The van der Waals surface area contributed by atoms with E-state index in [1.807, 2.05) is 0 Å². The van der Waals surface area contributed by atoms with Crippen molar-refractivity contribution < 1.29 is 0 Å². The van der Waals surface area contributed by atoms with Crippen molar-refractivity contribution in [2.24, 2.45) is 0 Å². The van der Waals surface area contributed by atoms with Crippen molar-refractivity contribution in [1.29, 1.82) is 5.26 Å². The third-order valence-electron chi connectivity index (χ3n) is 3.85.